The van der Waals surface area contributed by atoms with Crippen LogP contribution in [-0.2, 0) is 16.6 Å². The third-order valence-corrected chi connectivity index (χ3v) is 3.04. The maximum Gasteiger partial charge on any atom is 0.274 e. The molecule has 1 fully saturated rings. The van der Waals surface area contributed by atoms with E-state index in [1.54, 1.807) is 25.4 Å². The Bertz CT molecular complexity index is 498. The van der Waals surface area contributed by atoms with Gasteiger partial charge in [-0.15, -0.1) is 0 Å². The molecular formula is C12H17N3O3. The van der Waals surface area contributed by atoms with Crippen molar-refractivity contribution in [2.24, 2.45) is 12.8 Å². The fraction of sp³-hybridized carbons (Fsp3) is 0.500. The third kappa shape index (κ3) is 2.60. The van der Waals surface area contributed by atoms with E-state index < -0.39 is 6.10 Å². The minimum Gasteiger partial charge on any atom is -0.364 e. The standard InChI is InChI=1S/C12H17N3O3/c1-15-6-2-3-9(12(15)17)14-11(16)10-5-4-8(7-13)18-10/h2-3,6,8,10H,4-5,7,13H2,1H3,(H,14,16)/t8-,10+/m1/s1. The van der Waals surface area contributed by atoms with Crippen molar-refractivity contribution in [2.45, 2.75) is 25.0 Å². The lowest BCUT2D eigenvalue weighted by Gasteiger charge is -2.12. The van der Waals surface area contributed by atoms with Crippen molar-refractivity contribution >= 4 is 11.6 Å². The van der Waals surface area contributed by atoms with Crippen LogP contribution in [0.1, 0.15) is 12.8 Å². The van der Waals surface area contributed by atoms with E-state index in [9.17, 15) is 9.59 Å². The second-order valence-corrected chi connectivity index (χ2v) is 4.39. The molecular weight excluding hydrogens is 234 g/mol. The van der Waals surface area contributed by atoms with Crippen LogP contribution in [0.4, 0.5) is 5.69 Å². The van der Waals surface area contributed by atoms with Crippen LogP contribution in [0.5, 0.6) is 0 Å². The van der Waals surface area contributed by atoms with Crippen molar-refractivity contribution in [2.75, 3.05) is 11.9 Å². The molecule has 98 valence electrons. The lowest BCUT2D eigenvalue weighted by molar-refractivity contribution is -0.126. The zero-order valence-corrected chi connectivity index (χ0v) is 10.3. The Labute approximate surface area is 105 Å². The summed E-state index contributed by atoms with van der Waals surface area (Å²) in [5.74, 6) is -0.283. The summed E-state index contributed by atoms with van der Waals surface area (Å²) < 4.78 is 6.88. The number of ether oxygens (including phenoxy) is 1. The molecule has 1 aliphatic rings. The predicted octanol–water partition coefficient (Wildman–Crippen LogP) is -0.170. The molecule has 2 atom stereocenters. The number of hydrogen-bond donors (Lipinski definition) is 2. The number of aromatic nitrogens is 1. The van der Waals surface area contributed by atoms with E-state index in [4.69, 9.17) is 10.5 Å². The van der Waals surface area contributed by atoms with E-state index >= 15 is 0 Å². The number of hydrogen-bond acceptors (Lipinski definition) is 4. The van der Waals surface area contributed by atoms with Crippen LogP contribution < -0.4 is 16.6 Å². The fourth-order valence-electron chi connectivity index (χ4n) is 1.98. The monoisotopic (exact) mass is 251 g/mol. The molecule has 0 aromatic carbocycles. The van der Waals surface area contributed by atoms with Gasteiger partial charge in [0.05, 0.1) is 6.10 Å². The molecule has 0 saturated carbocycles. The smallest absolute Gasteiger partial charge is 0.274 e. The van der Waals surface area contributed by atoms with Crippen molar-refractivity contribution in [3.8, 4) is 0 Å². The average Bonchev–Trinajstić information content (AvgIpc) is 2.83. The zero-order chi connectivity index (χ0) is 13.1. The third-order valence-electron chi connectivity index (χ3n) is 3.04. The molecule has 6 heteroatoms. The Morgan fingerprint density at radius 1 is 1.61 bits per heavy atom. The van der Waals surface area contributed by atoms with Crippen LogP contribution in [-0.4, -0.2) is 29.2 Å². The molecule has 0 aliphatic carbocycles. The number of pyridine rings is 1. The Kier molecular flexibility index (Phi) is 3.78. The first-order valence-electron chi connectivity index (χ1n) is 5.94. The van der Waals surface area contributed by atoms with Crippen molar-refractivity contribution < 1.29 is 9.53 Å². The Morgan fingerprint density at radius 2 is 2.39 bits per heavy atom. The number of carbonyl (C=O) groups is 1. The van der Waals surface area contributed by atoms with E-state index in [0.29, 0.717) is 13.0 Å². The van der Waals surface area contributed by atoms with E-state index in [1.165, 1.54) is 4.57 Å². The van der Waals surface area contributed by atoms with E-state index in [2.05, 4.69) is 5.32 Å². The van der Waals surface area contributed by atoms with Crippen molar-refractivity contribution in [1.82, 2.24) is 4.57 Å². The first kappa shape index (κ1) is 12.8. The van der Waals surface area contributed by atoms with Crippen molar-refractivity contribution in [1.29, 1.82) is 0 Å². The molecule has 2 heterocycles. The molecule has 1 aromatic rings. The lowest BCUT2D eigenvalue weighted by Crippen LogP contribution is -2.32. The highest BCUT2D eigenvalue weighted by atomic mass is 16.5. The number of nitrogens with two attached hydrogens (primary N) is 1. The van der Waals surface area contributed by atoms with Crippen LogP contribution in [0.15, 0.2) is 23.1 Å². The molecule has 6 nitrogen and oxygen atoms in total. The number of carbonyl (C=O) groups excluding carboxylic acids is 1. The first-order chi connectivity index (χ1) is 8.61. The second kappa shape index (κ2) is 5.32. The topological polar surface area (TPSA) is 86.3 Å². The van der Waals surface area contributed by atoms with Crippen molar-refractivity contribution in [3.63, 3.8) is 0 Å². The van der Waals surface area contributed by atoms with Gasteiger partial charge in [0.2, 0.25) is 0 Å². The maximum absolute atomic E-state index is 11.9. The van der Waals surface area contributed by atoms with Gasteiger partial charge in [-0.05, 0) is 25.0 Å². The molecule has 0 unspecified atom stereocenters. The molecule has 2 rings (SSSR count). The highest BCUT2D eigenvalue weighted by Gasteiger charge is 2.30. The largest absolute Gasteiger partial charge is 0.364 e. The average molecular weight is 251 g/mol. The summed E-state index contributed by atoms with van der Waals surface area (Å²) in [6, 6.07) is 3.28. The van der Waals surface area contributed by atoms with Gasteiger partial charge in [0, 0.05) is 19.8 Å². The molecule has 0 spiro atoms. The summed E-state index contributed by atoms with van der Waals surface area (Å²) in [6.07, 6.45) is 2.49. The highest BCUT2D eigenvalue weighted by Crippen LogP contribution is 2.19. The molecule has 1 aliphatic heterocycles. The summed E-state index contributed by atoms with van der Waals surface area (Å²) in [6.45, 7) is 0.414. The van der Waals surface area contributed by atoms with Gasteiger partial charge in [0.15, 0.2) is 0 Å². The fourth-order valence-corrected chi connectivity index (χ4v) is 1.98. The van der Waals surface area contributed by atoms with Crippen LogP contribution in [0.3, 0.4) is 0 Å². The molecule has 1 amide bonds. The van der Waals surface area contributed by atoms with E-state index in [-0.39, 0.29) is 23.3 Å². The molecule has 18 heavy (non-hydrogen) atoms. The Balaban J connectivity index is 2.04. The number of nitrogens with one attached hydrogen (secondary N) is 1. The number of anilines is 1. The normalized spacial score (nSPS) is 23.0. The second-order valence-electron chi connectivity index (χ2n) is 4.39. The van der Waals surface area contributed by atoms with Crippen LogP contribution in [0, 0.1) is 0 Å². The van der Waals surface area contributed by atoms with Gasteiger partial charge < -0.3 is 20.4 Å². The highest BCUT2D eigenvalue weighted by molar-refractivity contribution is 5.94. The molecule has 0 bridgehead atoms. The molecule has 3 N–H and O–H groups in total. The number of amides is 1. The minimum atomic E-state index is -0.511. The zero-order valence-electron chi connectivity index (χ0n) is 10.3. The van der Waals surface area contributed by atoms with Crippen LogP contribution in [0.2, 0.25) is 0 Å². The number of aryl methyl sites for hydroxylation is 1. The Hall–Kier alpha value is -1.66. The van der Waals surface area contributed by atoms with Gasteiger partial charge in [-0.25, -0.2) is 0 Å². The van der Waals surface area contributed by atoms with Gasteiger partial charge in [-0.2, -0.15) is 0 Å². The maximum atomic E-state index is 11.9. The molecule has 1 saturated heterocycles. The molecule has 1 aromatic heterocycles. The quantitative estimate of drug-likeness (QED) is 0.781. The van der Waals surface area contributed by atoms with Crippen LogP contribution >= 0.6 is 0 Å². The van der Waals surface area contributed by atoms with Gasteiger partial charge in [0.25, 0.3) is 11.5 Å². The van der Waals surface area contributed by atoms with Gasteiger partial charge in [-0.3, -0.25) is 9.59 Å². The number of rotatable bonds is 3. The summed E-state index contributed by atoms with van der Waals surface area (Å²) in [4.78, 5) is 23.6. The van der Waals surface area contributed by atoms with Gasteiger partial charge in [-0.1, -0.05) is 0 Å². The Morgan fingerprint density at radius 3 is 3.06 bits per heavy atom. The summed E-state index contributed by atoms with van der Waals surface area (Å²) in [5, 5.41) is 2.60. The van der Waals surface area contributed by atoms with E-state index in [1.807, 2.05) is 0 Å². The summed E-state index contributed by atoms with van der Waals surface area (Å²) >= 11 is 0. The summed E-state index contributed by atoms with van der Waals surface area (Å²) in [7, 11) is 1.63. The van der Waals surface area contributed by atoms with E-state index in [0.717, 1.165) is 6.42 Å². The first-order valence-corrected chi connectivity index (χ1v) is 5.94. The van der Waals surface area contributed by atoms with Crippen molar-refractivity contribution in [3.05, 3.63) is 28.7 Å². The van der Waals surface area contributed by atoms with Gasteiger partial charge in [0.1, 0.15) is 11.8 Å². The summed E-state index contributed by atoms with van der Waals surface area (Å²) in [5.41, 5.74) is 5.51. The number of nitrogens with zero attached hydrogens (tertiary/aromatic N) is 1. The SMILES string of the molecule is Cn1cccc(NC(=O)[C@@H]2CC[C@H](CN)O2)c1=O. The lowest BCUT2D eigenvalue weighted by atomic mass is 10.2. The molecule has 0 radical (unpaired) electrons. The van der Waals surface area contributed by atoms with Gasteiger partial charge >= 0.3 is 0 Å². The predicted molar refractivity (Wildman–Crippen MR) is 67.3 cm³/mol. The van der Waals surface area contributed by atoms with Crippen LogP contribution in [0.25, 0.3) is 0 Å². The minimum absolute atomic E-state index is 0.0562.